The van der Waals surface area contributed by atoms with Crippen LogP contribution in [0, 0.1) is 0 Å². The second-order valence-electron chi connectivity index (χ2n) is 1.63. The van der Waals surface area contributed by atoms with Crippen molar-refractivity contribution in [3.8, 4) is 0 Å². The van der Waals surface area contributed by atoms with E-state index in [2.05, 4.69) is 10.2 Å². The van der Waals surface area contributed by atoms with Crippen LogP contribution in [0.5, 0.6) is 0 Å². The van der Waals surface area contributed by atoms with Gasteiger partial charge < -0.3 is 0 Å². The van der Waals surface area contributed by atoms with Crippen molar-refractivity contribution in [3.05, 3.63) is 30.3 Å². The molecule has 0 aliphatic rings. The molecule has 49 valence electrons. The number of amides is 1. The van der Waals surface area contributed by atoms with Crippen LogP contribution in [0.4, 0.5) is 5.69 Å². The largest absolute Gasteiger partial charge is 0.357 e. The predicted molar refractivity (Wildman–Crippen MR) is 36.7 cm³/mol. The molecule has 0 aliphatic carbocycles. The lowest BCUT2D eigenvalue weighted by atomic mass is 10.3. The van der Waals surface area contributed by atoms with Gasteiger partial charge >= 0.3 is 6.41 Å². The molecule has 0 spiro atoms. The highest BCUT2D eigenvalue weighted by molar-refractivity contribution is 5.48. The van der Waals surface area contributed by atoms with Crippen LogP contribution in [0.3, 0.4) is 0 Å². The van der Waals surface area contributed by atoms with Gasteiger partial charge in [0, 0.05) is 0 Å². The molecule has 1 aromatic carbocycles. The lowest BCUT2D eigenvalue weighted by Crippen LogP contribution is -1.61. The smallest absolute Gasteiger partial charge is 0.259 e. The Morgan fingerprint density at radius 3 is 2.50 bits per heavy atom. The monoisotopic (exact) mass is 133 g/mol. The van der Waals surface area contributed by atoms with E-state index in [0.717, 1.165) is 0 Å². The molecule has 3 nitrogen and oxygen atoms in total. The van der Waals surface area contributed by atoms with Crippen molar-refractivity contribution in [1.29, 1.82) is 0 Å². The van der Waals surface area contributed by atoms with Gasteiger partial charge in [0.2, 0.25) is 0 Å². The Morgan fingerprint density at radius 2 is 1.90 bits per heavy atom. The molecular weight excluding hydrogens is 128 g/mol. The molecule has 0 bridgehead atoms. The molecule has 0 aliphatic heterocycles. The van der Waals surface area contributed by atoms with Crippen LogP contribution in [0.1, 0.15) is 0 Å². The average molecular weight is 133 g/mol. The van der Waals surface area contributed by atoms with E-state index in [1.807, 2.05) is 18.2 Å². The van der Waals surface area contributed by atoms with Gasteiger partial charge in [0.15, 0.2) is 0 Å². The van der Waals surface area contributed by atoms with Crippen LogP contribution in [-0.4, -0.2) is 6.41 Å². The molecule has 1 rings (SSSR count). The van der Waals surface area contributed by atoms with E-state index in [-0.39, 0.29) is 0 Å². The lowest BCUT2D eigenvalue weighted by Gasteiger charge is -1.84. The molecule has 1 radical (unpaired) electrons. The first kappa shape index (κ1) is 6.61. The van der Waals surface area contributed by atoms with Crippen molar-refractivity contribution in [2.45, 2.75) is 0 Å². The minimum atomic E-state index is 0.658. The maximum atomic E-state index is 9.59. The molecule has 0 fully saturated rings. The summed E-state index contributed by atoms with van der Waals surface area (Å²) in [4.78, 5) is 9.59. The van der Waals surface area contributed by atoms with Gasteiger partial charge in [0.1, 0.15) is 0 Å². The predicted octanol–water partition coefficient (Wildman–Crippen LogP) is 1.84. The number of hydrogen-bond donors (Lipinski definition) is 0. The van der Waals surface area contributed by atoms with E-state index < -0.39 is 0 Å². The fourth-order valence-corrected chi connectivity index (χ4v) is 0.573. The number of nitrogens with zero attached hydrogens (tertiary/aromatic N) is 2. The summed E-state index contributed by atoms with van der Waals surface area (Å²) in [5.41, 5.74) is 0.658. The van der Waals surface area contributed by atoms with E-state index in [0.29, 0.717) is 5.69 Å². The van der Waals surface area contributed by atoms with Gasteiger partial charge in [-0.1, -0.05) is 18.2 Å². The van der Waals surface area contributed by atoms with Gasteiger partial charge in [0.25, 0.3) is 0 Å². The van der Waals surface area contributed by atoms with Gasteiger partial charge in [-0.25, -0.2) is 0 Å². The molecule has 1 aromatic rings. The van der Waals surface area contributed by atoms with Crippen molar-refractivity contribution in [3.63, 3.8) is 0 Å². The molecule has 0 atom stereocenters. The highest BCUT2D eigenvalue weighted by Crippen LogP contribution is 2.08. The van der Waals surface area contributed by atoms with Crippen molar-refractivity contribution in [2.24, 2.45) is 10.2 Å². The van der Waals surface area contributed by atoms with Crippen LogP contribution in [0.2, 0.25) is 0 Å². The Morgan fingerprint density at radius 1 is 1.20 bits per heavy atom. The number of carbonyl (C=O) groups excluding carboxylic acids is 1. The number of rotatable bonds is 2. The van der Waals surface area contributed by atoms with E-state index >= 15 is 0 Å². The van der Waals surface area contributed by atoms with E-state index in [9.17, 15) is 4.79 Å². The van der Waals surface area contributed by atoms with Crippen LogP contribution in [0.15, 0.2) is 40.6 Å². The third kappa shape index (κ3) is 1.78. The molecule has 0 aromatic heterocycles. The van der Waals surface area contributed by atoms with Gasteiger partial charge in [-0.15, -0.1) is 10.2 Å². The Balaban J connectivity index is 2.76. The fraction of sp³-hybridized carbons (Fsp3) is 0. The van der Waals surface area contributed by atoms with Crippen molar-refractivity contribution in [1.82, 2.24) is 0 Å². The van der Waals surface area contributed by atoms with Crippen molar-refractivity contribution >= 4 is 12.1 Å². The van der Waals surface area contributed by atoms with Gasteiger partial charge in [-0.2, -0.15) is 0 Å². The topological polar surface area (TPSA) is 41.8 Å². The van der Waals surface area contributed by atoms with Crippen LogP contribution in [0.25, 0.3) is 0 Å². The minimum absolute atomic E-state index is 0.658. The first-order valence-electron chi connectivity index (χ1n) is 2.76. The zero-order chi connectivity index (χ0) is 7.23. The van der Waals surface area contributed by atoms with Crippen molar-refractivity contribution < 1.29 is 4.79 Å². The quantitative estimate of drug-likeness (QED) is 0.567. The summed E-state index contributed by atoms with van der Waals surface area (Å²) in [6.45, 7) is 0. The fourth-order valence-electron chi connectivity index (χ4n) is 0.573. The van der Waals surface area contributed by atoms with Crippen LogP contribution >= 0.6 is 0 Å². The van der Waals surface area contributed by atoms with Crippen LogP contribution in [-0.2, 0) is 4.79 Å². The molecule has 10 heavy (non-hydrogen) atoms. The van der Waals surface area contributed by atoms with Crippen molar-refractivity contribution in [2.75, 3.05) is 0 Å². The van der Waals surface area contributed by atoms with Gasteiger partial charge in [0.05, 0.1) is 5.69 Å². The van der Waals surface area contributed by atoms with E-state index in [1.54, 1.807) is 12.1 Å². The molecule has 0 saturated carbocycles. The zero-order valence-corrected chi connectivity index (χ0v) is 5.19. The maximum Gasteiger partial charge on any atom is 0.357 e. The summed E-state index contributed by atoms with van der Waals surface area (Å²) in [5.74, 6) is 0. The second kappa shape index (κ2) is 3.50. The van der Waals surface area contributed by atoms with E-state index in [4.69, 9.17) is 0 Å². The summed E-state index contributed by atoms with van der Waals surface area (Å²) in [6, 6.07) is 9.00. The minimum Gasteiger partial charge on any atom is -0.259 e. The van der Waals surface area contributed by atoms with Gasteiger partial charge in [-0.05, 0) is 12.1 Å². The molecule has 3 heteroatoms. The highest BCUT2D eigenvalue weighted by Gasteiger charge is 1.81. The SMILES string of the molecule is O=[C]N=Nc1ccccc1. The summed E-state index contributed by atoms with van der Waals surface area (Å²) in [6.07, 6.45) is 1.32. The molecule has 0 heterocycles. The molecule has 0 unspecified atom stereocenters. The molecule has 0 saturated heterocycles. The maximum absolute atomic E-state index is 9.59. The number of azo groups is 1. The Bertz CT molecular complexity index is 231. The highest BCUT2D eigenvalue weighted by atomic mass is 16.1. The first-order chi connectivity index (χ1) is 4.93. The Hall–Kier alpha value is -1.51. The summed E-state index contributed by atoms with van der Waals surface area (Å²) in [7, 11) is 0. The Kier molecular flexibility index (Phi) is 2.31. The summed E-state index contributed by atoms with van der Waals surface area (Å²) in [5, 5.41) is 6.59. The third-order valence-corrected chi connectivity index (χ3v) is 0.962. The van der Waals surface area contributed by atoms with Crippen LogP contribution < -0.4 is 0 Å². The molecule has 1 amide bonds. The second-order valence-corrected chi connectivity index (χ2v) is 1.63. The molecule has 0 N–H and O–H groups in total. The zero-order valence-electron chi connectivity index (χ0n) is 5.19. The number of hydrogen-bond acceptors (Lipinski definition) is 2. The summed E-state index contributed by atoms with van der Waals surface area (Å²) < 4.78 is 0. The standard InChI is InChI=1S/C7H5N2O/c10-6-8-9-7-4-2-1-3-5-7/h1-5H. The van der Waals surface area contributed by atoms with E-state index in [1.165, 1.54) is 6.41 Å². The Labute approximate surface area is 58.4 Å². The summed E-state index contributed by atoms with van der Waals surface area (Å²) >= 11 is 0. The third-order valence-electron chi connectivity index (χ3n) is 0.962. The first-order valence-corrected chi connectivity index (χ1v) is 2.76. The lowest BCUT2D eigenvalue weighted by molar-refractivity contribution is 0.555. The molecular formula is C7H5N2O. The average Bonchev–Trinajstić information content (AvgIpc) is 2.03. The normalized spacial score (nSPS) is 10.0. The van der Waals surface area contributed by atoms with Gasteiger partial charge in [-0.3, -0.25) is 4.79 Å². The number of benzene rings is 1.